The van der Waals surface area contributed by atoms with E-state index in [2.05, 4.69) is 100 Å². The zero-order valence-corrected chi connectivity index (χ0v) is 83.1. The van der Waals surface area contributed by atoms with Gasteiger partial charge in [-0.05, 0) is 208 Å². The number of amides is 2. The molecular formula is C109H88BBr4F7N4O20. The van der Waals surface area contributed by atoms with E-state index in [0.29, 0.717) is 68.9 Å². The van der Waals surface area contributed by atoms with Gasteiger partial charge in [0.25, 0.3) is 11.8 Å². The molecule has 145 heavy (non-hydrogen) atoms. The van der Waals surface area contributed by atoms with Crippen molar-refractivity contribution in [1.82, 2.24) is 10.6 Å². The van der Waals surface area contributed by atoms with Gasteiger partial charge >= 0.3 is 27.1 Å². The summed E-state index contributed by atoms with van der Waals surface area (Å²) in [5.74, 6) is -9.48. The molecule has 24 nitrogen and oxygen atoms in total. The Labute approximate surface area is 861 Å². The van der Waals surface area contributed by atoms with Crippen molar-refractivity contribution in [3.8, 4) is 40.2 Å². The van der Waals surface area contributed by atoms with Gasteiger partial charge in [0.1, 0.15) is 55.8 Å². The Bertz CT molecular complexity index is 6820. The topological polar surface area (TPSA) is 362 Å². The van der Waals surface area contributed by atoms with Crippen molar-refractivity contribution in [2.24, 2.45) is 10.7 Å². The number of carbonyl (C=O) groups excluding carboxylic acids is 8. The van der Waals surface area contributed by atoms with Crippen LogP contribution in [0.5, 0.6) is 40.2 Å². The fraction of sp³-hybridized carbons (Fsp3) is 0.0642. The Hall–Kier alpha value is -16.6. The van der Waals surface area contributed by atoms with Gasteiger partial charge in [0.15, 0.2) is 86.7 Å². The standard InChI is InChI=1S/C24H20FNO4.C23H16FNO3.C17H14FNO4.C14H11FO2.C9H8FNO3.C8H7FO2.C7H7Br.C7H5FO2.BBr3/c1-29-24(28)21(26-23(27)19-10-6-3-7-11-19)14-18-12-13-20(25)22(15-18)30-16-17-8-4-2-5-9-17;24-19-12-11-17(14-21(19)27-15-16-7-3-1-4-8-16)13-20-23(26)28-22(25-20)18-9-5-2-6-10-18;1-23-17(22)14(9-11-7-8-13(18)15(20)10-11)19-16(21)12-5-3-2-4-6-12;15-13-7-6-12(9-16)8-14(13)17-10-11-4-2-1-3-5-11;10-6-2-1-5(4-8(6)12)3-7(11)9(13)14;1-11-8-4-6(5-10)2-3-7(8)9;8-6-7-4-2-1-3-5-7;8-6-2-1-5(4-9)3-7(6)10;2-1(3)4/h2-15H,16H2,1H3,(H,26,27);1-14H,15H2;2-10,20H,1H3,(H,19,21);1-9H,10H2;1-4,12H,11H2,(H,13,14);2-5H,1H3;1-5H,6H2;1-4,10H;/b21-14-;20-13-;14-9-;;7-3-;;;;. The summed E-state index contributed by atoms with van der Waals surface area (Å²) in [7, 11) is 3.74. The third-order valence-corrected chi connectivity index (χ3v) is 19.2. The maximum absolute atomic E-state index is 14.2. The highest BCUT2D eigenvalue weighted by molar-refractivity contribution is 9.69. The number of nitrogens with zero attached hydrogens (tertiary/aromatic N) is 1. The number of aldehydes is 3. The normalized spacial score (nSPS) is 11.1. The van der Waals surface area contributed by atoms with Crippen LogP contribution in [0.25, 0.3) is 24.3 Å². The number of ether oxygens (including phenoxy) is 7. The zero-order chi connectivity index (χ0) is 106. The van der Waals surface area contributed by atoms with Gasteiger partial charge in [-0.25, -0.2) is 54.9 Å². The molecule has 14 aromatic rings. The Morgan fingerprint density at radius 3 is 1.00 bits per heavy atom. The predicted octanol–water partition coefficient (Wildman–Crippen LogP) is 23.4. The van der Waals surface area contributed by atoms with Crippen LogP contribution in [0.15, 0.2) is 367 Å². The first-order valence-corrected chi connectivity index (χ1v) is 46.3. The lowest BCUT2D eigenvalue weighted by Gasteiger charge is -2.10. The molecule has 15 rings (SSSR count). The molecule has 1 aliphatic rings. The van der Waals surface area contributed by atoms with Crippen molar-refractivity contribution in [1.29, 1.82) is 0 Å². The number of aliphatic carboxylic acids is 1. The monoisotopic (exact) mass is 2230 g/mol. The molecule has 744 valence electrons. The van der Waals surface area contributed by atoms with E-state index in [1.807, 2.05) is 140 Å². The zero-order valence-electron chi connectivity index (χ0n) is 76.8. The summed E-state index contributed by atoms with van der Waals surface area (Å²) in [6, 6.07) is 91.4. The minimum absolute atomic E-state index is 0.0335. The van der Waals surface area contributed by atoms with Crippen molar-refractivity contribution < 1.29 is 127 Å². The second-order valence-corrected chi connectivity index (χ2v) is 36.0. The summed E-state index contributed by atoms with van der Waals surface area (Å²) >= 11 is 12.7. The molecule has 0 saturated heterocycles. The summed E-state index contributed by atoms with van der Waals surface area (Å²) in [6.07, 6.45) is 7.21. The molecule has 0 spiro atoms. The van der Waals surface area contributed by atoms with E-state index in [1.165, 1.54) is 124 Å². The van der Waals surface area contributed by atoms with Crippen molar-refractivity contribution in [3.05, 3.63) is 481 Å². The highest BCUT2D eigenvalue weighted by atomic mass is 79.9. The number of carbonyl (C=O) groups is 9. The van der Waals surface area contributed by atoms with E-state index in [0.717, 1.165) is 64.5 Å². The van der Waals surface area contributed by atoms with Crippen LogP contribution in [0.4, 0.5) is 30.7 Å². The Morgan fingerprint density at radius 1 is 0.386 bits per heavy atom. The third kappa shape index (κ3) is 41.6. The maximum atomic E-state index is 14.2. The molecule has 1 aliphatic heterocycles. The minimum atomic E-state index is -1.27. The molecule has 0 atom stereocenters. The number of hydrogen-bond acceptors (Lipinski definition) is 21. The second-order valence-electron chi connectivity index (χ2n) is 29.0. The van der Waals surface area contributed by atoms with Crippen molar-refractivity contribution >= 4 is 151 Å². The van der Waals surface area contributed by atoms with E-state index in [9.17, 15) is 79.0 Å². The summed E-state index contributed by atoms with van der Waals surface area (Å²) in [4.78, 5) is 106. The lowest BCUT2D eigenvalue weighted by Crippen LogP contribution is -2.28. The summed E-state index contributed by atoms with van der Waals surface area (Å²) in [5, 5.41) is 41.4. The quantitative estimate of drug-likeness (QED) is 0.00503. The number of alkyl halides is 1. The summed E-state index contributed by atoms with van der Waals surface area (Å²) in [5.41, 5.74) is 13.0. The third-order valence-electron chi connectivity index (χ3n) is 18.6. The number of phenols is 3. The number of aromatic hydroxyl groups is 3. The SMILES string of the molecule is BrB(Br)Br.BrCc1ccccc1.COC(=O)/C(=C/c1ccc(F)c(O)c1)NC(=O)c1ccccc1.COC(=O)/C(=C/c1ccc(F)c(OCc2ccccc2)c1)NC(=O)c1ccccc1.COc1cc(C=O)ccc1F.N/C(=C\c1ccc(F)c(O)c1)C(=O)O.O=C1OC(c2ccccc2)=N/C1=C\c1ccc(F)c(OCc2ccccc2)c1.O=Cc1ccc(F)c(O)c1.O=Cc1ccc(F)c(OCc2ccccc2)c1. The summed E-state index contributed by atoms with van der Waals surface area (Å²) < 4.78 is 128. The Balaban J connectivity index is 0.000000231. The molecule has 0 unspecified atom stereocenters. The van der Waals surface area contributed by atoms with Gasteiger partial charge in [0, 0.05) is 38.7 Å². The molecule has 14 aromatic carbocycles. The lowest BCUT2D eigenvalue weighted by molar-refractivity contribution is -0.137. The second kappa shape index (κ2) is 62.6. The van der Waals surface area contributed by atoms with Crippen LogP contribution in [0.1, 0.15) is 102 Å². The number of benzene rings is 14. The molecule has 36 heteroatoms. The van der Waals surface area contributed by atoms with Gasteiger partial charge in [-0.15, -0.1) is 47.3 Å². The maximum Gasteiger partial charge on any atom is 0.369 e. The van der Waals surface area contributed by atoms with Gasteiger partial charge in [0.05, 0.1) is 21.3 Å². The molecule has 8 N–H and O–H groups in total. The fourth-order valence-corrected chi connectivity index (χ4v) is 11.8. The number of hydrogen-bond donors (Lipinski definition) is 7. The molecule has 0 saturated carbocycles. The van der Waals surface area contributed by atoms with E-state index < -0.39 is 93.7 Å². The van der Waals surface area contributed by atoms with Crippen molar-refractivity contribution in [3.63, 3.8) is 0 Å². The average Bonchev–Trinajstić information content (AvgIpc) is 1.70. The smallest absolute Gasteiger partial charge is 0.369 e. The Kier molecular flexibility index (Phi) is 49.8. The van der Waals surface area contributed by atoms with Gasteiger partial charge in [0.2, 0.25) is 5.90 Å². The minimum Gasteiger partial charge on any atom is -0.505 e. The van der Waals surface area contributed by atoms with Gasteiger partial charge in [-0.2, -0.15) is 0 Å². The number of esters is 3. The molecule has 0 bridgehead atoms. The van der Waals surface area contributed by atoms with Crippen LogP contribution in [0.3, 0.4) is 0 Å². The average molecular weight is 2240 g/mol. The largest absolute Gasteiger partial charge is 0.505 e. The van der Waals surface area contributed by atoms with Crippen LogP contribution < -0.4 is 35.3 Å². The molecule has 0 radical (unpaired) electrons. The van der Waals surface area contributed by atoms with Gasteiger partial charge in [-0.1, -0.05) is 216 Å². The number of aliphatic imine (C=N–C) groups is 1. The highest BCUT2D eigenvalue weighted by Gasteiger charge is 2.25. The van der Waals surface area contributed by atoms with Crippen molar-refractivity contribution in [2.45, 2.75) is 25.2 Å². The molecule has 1 heterocycles. The number of carboxylic acid groups (broad SMARTS) is 1. The first kappa shape index (κ1) is 115. The molecule has 0 aliphatic carbocycles. The molecular weight excluding hydrogens is 2150 g/mol. The summed E-state index contributed by atoms with van der Waals surface area (Å²) in [6.45, 7) is 0.718. The van der Waals surface area contributed by atoms with Crippen LogP contribution >= 0.6 is 63.2 Å². The molecule has 0 fully saturated rings. The van der Waals surface area contributed by atoms with Gasteiger partial charge in [-0.3, -0.25) is 24.0 Å². The van der Waals surface area contributed by atoms with E-state index in [-0.39, 0.29) is 80.3 Å². The van der Waals surface area contributed by atoms with E-state index >= 15 is 0 Å². The van der Waals surface area contributed by atoms with Crippen molar-refractivity contribution in [2.75, 3.05) is 21.3 Å². The van der Waals surface area contributed by atoms with Crippen LogP contribution in [-0.2, 0) is 58.5 Å². The fourth-order valence-electron chi connectivity index (χ4n) is 11.4. The van der Waals surface area contributed by atoms with E-state index in [1.54, 1.807) is 72.8 Å². The first-order chi connectivity index (χ1) is 69.7. The number of rotatable bonds is 26. The number of phenolic OH excluding ortho intramolecular Hbond substituents is 3. The van der Waals surface area contributed by atoms with Crippen LogP contribution in [0, 0.1) is 40.7 Å². The number of cyclic esters (lactones) is 1. The number of nitrogens with one attached hydrogen (secondary N) is 2. The molecule has 2 amide bonds. The number of carboxylic acids is 1. The van der Waals surface area contributed by atoms with Crippen LogP contribution in [0.2, 0.25) is 0 Å². The number of methoxy groups -OCH3 is 3. The predicted molar refractivity (Wildman–Crippen MR) is 551 cm³/mol. The Morgan fingerprint density at radius 2 is 0.669 bits per heavy atom. The number of nitrogens with two attached hydrogens (primary N) is 1. The number of halogens is 11. The van der Waals surface area contributed by atoms with Crippen LogP contribution in [-0.4, -0.2) is 105 Å². The lowest BCUT2D eigenvalue weighted by atomic mass is 10.1. The first-order valence-electron chi connectivity index (χ1n) is 42.4. The van der Waals surface area contributed by atoms with E-state index in [4.69, 9.17) is 44.7 Å². The highest BCUT2D eigenvalue weighted by Crippen LogP contribution is 2.29. The molecule has 0 aromatic heterocycles. The van der Waals surface area contributed by atoms with Gasteiger partial charge < -0.3 is 70.0 Å².